The zero-order valence-electron chi connectivity index (χ0n) is 20.8. The van der Waals surface area contributed by atoms with E-state index in [0.717, 1.165) is 0 Å². The Labute approximate surface area is 211 Å². The molecule has 5 atom stereocenters. The Morgan fingerprint density at radius 1 is 0.757 bits per heavy atom. The SMILES string of the molecule is COc1cc2c(c(OC)c1OC)C(=O)c1c(cc(C)c(O[C@@H]3O[C@H](CO)[C@@H](O)[C@H](O)[C@H]3O)c1OC)C2=O. The summed E-state index contributed by atoms with van der Waals surface area (Å²) in [4.78, 5) is 27.4. The highest BCUT2D eigenvalue weighted by molar-refractivity contribution is 6.31. The van der Waals surface area contributed by atoms with Gasteiger partial charge in [-0.15, -0.1) is 0 Å². The highest BCUT2D eigenvalue weighted by Gasteiger charge is 2.46. The molecule has 2 aromatic carbocycles. The van der Waals surface area contributed by atoms with Crippen molar-refractivity contribution < 1.29 is 58.4 Å². The van der Waals surface area contributed by atoms with Crippen LogP contribution < -0.4 is 23.7 Å². The second-order valence-electron chi connectivity index (χ2n) is 8.52. The number of carbonyl (C=O) groups excluding carboxylic acids is 2. The number of ether oxygens (including phenoxy) is 6. The summed E-state index contributed by atoms with van der Waals surface area (Å²) in [6, 6.07) is 2.84. The zero-order valence-corrected chi connectivity index (χ0v) is 20.8. The minimum atomic E-state index is -1.70. The van der Waals surface area contributed by atoms with Crippen molar-refractivity contribution in [2.45, 2.75) is 37.6 Å². The Kier molecular flexibility index (Phi) is 7.31. The molecule has 12 heteroatoms. The van der Waals surface area contributed by atoms with Gasteiger partial charge in [-0.25, -0.2) is 0 Å². The molecule has 2 aliphatic rings. The largest absolute Gasteiger partial charge is 0.493 e. The van der Waals surface area contributed by atoms with Crippen LogP contribution in [0.1, 0.15) is 37.4 Å². The van der Waals surface area contributed by atoms with Crippen molar-refractivity contribution in [1.82, 2.24) is 0 Å². The number of aliphatic hydroxyl groups excluding tert-OH is 4. The van der Waals surface area contributed by atoms with E-state index in [9.17, 15) is 30.0 Å². The molecule has 1 heterocycles. The monoisotopic (exact) mass is 520 g/mol. The third-order valence-corrected chi connectivity index (χ3v) is 6.48. The number of carbonyl (C=O) groups is 2. The van der Waals surface area contributed by atoms with Gasteiger partial charge in [-0.3, -0.25) is 9.59 Å². The molecule has 0 spiro atoms. The lowest BCUT2D eigenvalue weighted by molar-refractivity contribution is -0.277. The first-order valence-corrected chi connectivity index (χ1v) is 11.3. The van der Waals surface area contributed by atoms with Gasteiger partial charge in [0.15, 0.2) is 28.8 Å². The first-order valence-electron chi connectivity index (χ1n) is 11.3. The summed E-state index contributed by atoms with van der Waals surface area (Å²) in [5, 5.41) is 40.1. The Morgan fingerprint density at radius 2 is 1.32 bits per heavy atom. The molecule has 0 unspecified atom stereocenters. The number of fused-ring (bicyclic) bond motifs is 2. The molecular formula is C25H28O12. The molecule has 200 valence electrons. The first-order chi connectivity index (χ1) is 17.6. The summed E-state index contributed by atoms with van der Waals surface area (Å²) in [6.07, 6.45) is -7.72. The average Bonchev–Trinajstić information content (AvgIpc) is 2.90. The molecule has 0 radical (unpaired) electrons. The number of rotatable bonds is 7. The van der Waals surface area contributed by atoms with Crippen molar-refractivity contribution in [3.05, 3.63) is 39.9 Å². The summed E-state index contributed by atoms with van der Waals surface area (Å²) < 4.78 is 32.9. The Hall–Kier alpha value is -3.42. The standard InChI is InChI=1S/C25H28O12/c1-9-6-10-14(18(29)15-11(16(10)27)7-12(32-2)22(33-3)24(15)35-5)23(34-4)21(9)37-25-20(31)19(30)17(28)13(8-26)36-25/h6-7,13,17,19-20,25-26,28,30-31H,8H2,1-5H3/t13-,17-,19+,20-,25+/m1/s1. The van der Waals surface area contributed by atoms with E-state index < -0.39 is 48.9 Å². The average molecular weight is 520 g/mol. The molecule has 4 rings (SSSR count). The fourth-order valence-corrected chi connectivity index (χ4v) is 4.63. The normalized spacial score (nSPS) is 24.7. The number of hydrogen-bond acceptors (Lipinski definition) is 12. The van der Waals surface area contributed by atoms with E-state index in [2.05, 4.69) is 0 Å². The van der Waals surface area contributed by atoms with E-state index in [4.69, 9.17) is 28.4 Å². The van der Waals surface area contributed by atoms with Crippen LogP contribution in [0, 0.1) is 6.92 Å². The predicted molar refractivity (Wildman–Crippen MR) is 125 cm³/mol. The maximum absolute atomic E-state index is 13.8. The quantitative estimate of drug-likeness (QED) is 0.329. The lowest BCUT2D eigenvalue weighted by atomic mass is 9.81. The smallest absolute Gasteiger partial charge is 0.229 e. The van der Waals surface area contributed by atoms with Crippen LogP contribution in [0.25, 0.3) is 0 Å². The molecule has 0 bridgehead atoms. The molecule has 1 aliphatic heterocycles. The van der Waals surface area contributed by atoms with Crippen LogP contribution in [0.15, 0.2) is 12.1 Å². The highest BCUT2D eigenvalue weighted by atomic mass is 16.7. The molecule has 2 aromatic rings. The van der Waals surface area contributed by atoms with Gasteiger partial charge in [0.1, 0.15) is 24.4 Å². The van der Waals surface area contributed by atoms with Gasteiger partial charge in [-0.05, 0) is 24.6 Å². The number of methoxy groups -OCH3 is 4. The Bertz CT molecular complexity index is 1240. The molecule has 12 nitrogen and oxygen atoms in total. The van der Waals surface area contributed by atoms with E-state index in [1.54, 1.807) is 6.92 Å². The molecule has 4 N–H and O–H groups in total. The van der Waals surface area contributed by atoms with Crippen LogP contribution in [0.5, 0.6) is 28.7 Å². The van der Waals surface area contributed by atoms with Crippen molar-refractivity contribution in [1.29, 1.82) is 0 Å². The number of aryl methyl sites for hydroxylation is 1. The van der Waals surface area contributed by atoms with Crippen LogP contribution in [-0.2, 0) is 4.74 Å². The van der Waals surface area contributed by atoms with Gasteiger partial charge in [0, 0.05) is 11.1 Å². The van der Waals surface area contributed by atoms with E-state index in [1.165, 1.54) is 40.6 Å². The topological polar surface area (TPSA) is 170 Å². The summed E-state index contributed by atoms with van der Waals surface area (Å²) >= 11 is 0. The van der Waals surface area contributed by atoms with E-state index in [0.29, 0.717) is 5.56 Å². The lowest BCUT2D eigenvalue weighted by Crippen LogP contribution is -2.60. The van der Waals surface area contributed by atoms with Crippen molar-refractivity contribution in [3.63, 3.8) is 0 Å². The zero-order chi connectivity index (χ0) is 27.2. The third-order valence-electron chi connectivity index (χ3n) is 6.48. The van der Waals surface area contributed by atoms with E-state index in [-0.39, 0.29) is 51.0 Å². The summed E-state index contributed by atoms with van der Waals surface area (Å²) in [5.74, 6) is -0.948. The highest BCUT2D eigenvalue weighted by Crippen LogP contribution is 2.49. The summed E-state index contributed by atoms with van der Waals surface area (Å²) in [5.41, 5.74) is 0.275. The van der Waals surface area contributed by atoms with Crippen LogP contribution in [-0.4, -0.2) is 97.7 Å². The van der Waals surface area contributed by atoms with Crippen molar-refractivity contribution in [2.24, 2.45) is 0 Å². The van der Waals surface area contributed by atoms with Crippen LogP contribution in [0.4, 0.5) is 0 Å². The van der Waals surface area contributed by atoms with Gasteiger partial charge in [0.05, 0.1) is 46.2 Å². The molecule has 1 aliphatic carbocycles. The second-order valence-corrected chi connectivity index (χ2v) is 8.52. The van der Waals surface area contributed by atoms with Crippen molar-refractivity contribution in [3.8, 4) is 28.7 Å². The number of aliphatic hydroxyl groups is 4. The molecule has 0 aromatic heterocycles. The van der Waals surface area contributed by atoms with Gasteiger partial charge in [0.25, 0.3) is 0 Å². The first kappa shape index (κ1) is 26.6. The minimum Gasteiger partial charge on any atom is -0.493 e. The summed E-state index contributed by atoms with van der Waals surface area (Å²) in [6.45, 7) is 0.935. The maximum Gasteiger partial charge on any atom is 0.229 e. The molecule has 0 saturated carbocycles. The second kappa shape index (κ2) is 10.1. The van der Waals surface area contributed by atoms with Crippen LogP contribution in [0.3, 0.4) is 0 Å². The molecule has 1 saturated heterocycles. The Morgan fingerprint density at radius 3 is 1.86 bits per heavy atom. The lowest BCUT2D eigenvalue weighted by Gasteiger charge is -2.40. The maximum atomic E-state index is 13.8. The van der Waals surface area contributed by atoms with Crippen LogP contribution in [0.2, 0.25) is 0 Å². The number of ketones is 2. The van der Waals surface area contributed by atoms with Gasteiger partial charge >= 0.3 is 0 Å². The Balaban J connectivity index is 1.87. The van der Waals surface area contributed by atoms with Crippen molar-refractivity contribution in [2.75, 3.05) is 35.0 Å². The minimum absolute atomic E-state index is 0.000111. The fraction of sp³-hybridized carbons (Fsp3) is 0.440. The number of benzene rings is 2. The van der Waals surface area contributed by atoms with Crippen molar-refractivity contribution >= 4 is 11.6 Å². The molecular weight excluding hydrogens is 492 g/mol. The summed E-state index contributed by atoms with van der Waals surface area (Å²) in [7, 11) is 5.36. The molecule has 37 heavy (non-hydrogen) atoms. The van der Waals surface area contributed by atoms with Gasteiger partial charge < -0.3 is 48.8 Å². The van der Waals surface area contributed by atoms with Gasteiger partial charge in [-0.1, -0.05) is 0 Å². The van der Waals surface area contributed by atoms with E-state index in [1.807, 2.05) is 0 Å². The molecule has 0 amide bonds. The fourth-order valence-electron chi connectivity index (χ4n) is 4.63. The third kappa shape index (κ3) is 4.06. The van der Waals surface area contributed by atoms with Gasteiger partial charge in [-0.2, -0.15) is 0 Å². The van der Waals surface area contributed by atoms with Gasteiger partial charge in [0.2, 0.25) is 17.8 Å². The molecule has 1 fully saturated rings. The van der Waals surface area contributed by atoms with E-state index >= 15 is 0 Å². The predicted octanol–water partition coefficient (Wildman–Crippen LogP) is -0.0165. The number of hydrogen-bond donors (Lipinski definition) is 4. The van der Waals surface area contributed by atoms with Crippen LogP contribution >= 0.6 is 0 Å².